The lowest BCUT2D eigenvalue weighted by Crippen LogP contribution is -2.35. The number of carboxylic acid groups (broad SMARTS) is 1. The van der Waals surface area contributed by atoms with Crippen molar-refractivity contribution < 1.29 is 9.90 Å². The maximum atomic E-state index is 10.8. The van der Waals surface area contributed by atoms with Gasteiger partial charge in [0, 0.05) is 11.7 Å². The molecule has 2 rings (SSSR count). The normalized spacial score (nSPS) is 25.8. The molecule has 0 radical (unpaired) electrons. The first kappa shape index (κ1) is 13.9. The number of benzene rings is 1. The molecule has 3 nitrogen and oxygen atoms in total. The molecule has 1 aromatic carbocycles. The molecule has 1 aromatic rings. The Morgan fingerprint density at radius 1 is 1.26 bits per heavy atom. The summed E-state index contributed by atoms with van der Waals surface area (Å²) < 4.78 is 0. The van der Waals surface area contributed by atoms with Crippen molar-refractivity contribution in [2.24, 2.45) is 11.3 Å². The van der Waals surface area contributed by atoms with Crippen molar-refractivity contribution in [3.05, 3.63) is 29.8 Å². The van der Waals surface area contributed by atoms with Gasteiger partial charge in [-0.25, -0.2) is 4.79 Å². The van der Waals surface area contributed by atoms with Gasteiger partial charge in [0.15, 0.2) is 0 Å². The molecule has 0 aromatic heterocycles. The van der Waals surface area contributed by atoms with Gasteiger partial charge in [-0.1, -0.05) is 20.8 Å². The first-order valence-electron chi connectivity index (χ1n) is 6.96. The second kappa shape index (κ2) is 5.24. The van der Waals surface area contributed by atoms with E-state index in [9.17, 15) is 4.79 Å². The quantitative estimate of drug-likeness (QED) is 0.864. The SMILES string of the molecule is CC1CC(Nc2ccc(C(=O)O)cc2)CC(C)(C)C1. The molecule has 2 N–H and O–H groups in total. The van der Waals surface area contributed by atoms with Crippen molar-refractivity contribution in [2.75, 3.05) is 5.32 Å². The van der Waals surface area contributed by atoms with E-state index in [1.54, 1.807) is 12.1 Å². The molecule has 0 aliphatic heterocycles. The lowest BCUT2D eigenvalue weighted by Gasteiger charge is -2.39. The summed E-state index contributed by atoms with van der Waals surface area (Å²) in [6.07, 6.45) is 3.63. The third-order valence-corrected chi connectivity index (χ3v) is 3.89. The predicted octanol–water partition coefficient (Wildman–Crippen LogP) is 4.01. The molecular weight excluding hydrogens is 238 g/mol. The number of carboxylic acids is 1. The van der Waals surface area contributed by atoms with Crippen LogP contribution >= 0.6 is 0 Å². The van der Waals surface area contributed by atoms with E-state index in [2.05, 4.69) is 26.1 Å². The molecule has 2 atom stereocenters. The number of anilines is 1. The van der Waals surface area contributed by atoms with E-state index in [1.807, 2.05) is 12.1 Å². The molecule has 104 valence electrons. The third-order valence-electron chi connectivity index (χ3n) is 3.89. The van der Waals surface area contributed by atoms with Gasteiger partial charge in [-0.15, -0.1) is 0 Å². The van der Waals surface area contributed by atoms with E-state index in [0.717, 1.165) is 18.0 Å². The van der Waals surface area contributed by atoms with E-state index in [-0.39, 0.29) is 0 Å². The second-order valence-corrected chi connectivity index (χ2v) is 6.64. The summed E-state index contributed by atoms with van der Waals surface area (Å²) in [6, 6.07) is 7.50. The fourth-order valence-corrected chi connectivity index (χ4v) is 3.40. The molecular formula is C16H23NO2. The van der Waals surface area contributed by atoms with Gasteiger partial charge >= 0.3 is 5.97 Å². The summed E-state index contributed by atoms with van der Waals surface area (Å²) in [5, 5.41) is 12.4. The van der Waals surface area contributed by atoms with Crippen LogP contribution in [0.15, 0.2) is 24.3 Å². The fraction of sp³-hybridized carbons (Fsp3) is 0.562. The van der Waals surface area contributed by atoms with E-state index < -0.39 is 5.97 Å². The Morgan fingerprint density at radius 2 is 1.89 bits per heavy atom. The summed E-state index contributed by atoms with van der Waals surface area (Å²) >= 11 is 0. The number of rotatable bonds is 3. The highest BCUT2D eigenvalue weighted by Gasteiger charge is 2.31. The Bertz CT molecular complexity index is 450. The van der Waals surface area contributed by atoms with Crippen LogP contribution in [0, 0.1) is 11.3 Å². The van der Waals surface area contributed by atoms with E-state index >= 15 is 0 Å². The van der Waals surface area contributed by atoms with Gasteiger partial charge < -0.3 is 10.4 Å². The van der Waals surface area contributed by atoms with Gasteiger partial charge in [0.2, 0.25) is 0 Å². The van der Waals surface area contributed by atoms with Crippen LogP contribution in [0.2, 0.25) is 0 Å². The zero-order valence-electron chi connectivity index (χ0n) is 11.9. The molecule has 2 unspecified atom stereocenters. The average Bonchev–Trinajstić information content (AvgIpc) is 2.26. The van der Waals surface area contributed by atoms with Gasteiger partial charge in [0.05, 0.1) is 5.56 Å². The van der Waals surface area contributed by atoms with Gasteiger partial charge in [-0.3, -0.25) is 0 Å². The van der Waals surface area contributed by atoms with Gasteiger partial charge in [0.1, 0.15) is 0 Å². The number of carbonyl (C=O) groups is 1. The molecule has 0 amide bonds. The Morgan fingerprint density at radius 3 is 2.42 bits per heavy atom. The Balaban J connectivity index is 2.02. The Labute approximate surface area is 115 Å². The third kappa shape index (κ3) is 3.72. The topological polar surface area (TPSA) is 49.3 Å². The lowest BCUT2D eigenvalue weighted by atomic mass is 9.70. The maximum absolute atomic E-state index is 10.8. The van der Waals surface area contributed by atoms with Gasteiger partial charge in [-0.05, 0) is 54.9 Å². The first-order chi connectivity index (χ1) is 8.85. The minimum atomic E-state index is -0.876. The fourth-order valence-electron chi connectivity index (χ4n) is 3.40. The van der Waals surface area contributed by atoms with Crippen LogP contribution in [-0.2, 0) is 0 Å². The Hall–Kier alpha value is -1.51. The molecule has 1 saturated carbocycles. The molecule has 1 aliphatic rings. The highest BCUT2D eigenvalue weighted by Crippen LogP contribution is 2.39. The van der Waals surface area contributed by atoms with E-state index in [1.165, 1.54) is 12.8 Å². The maximum Gasteiger partial charge on any atom is 0.335 e. The van der Waals surface area contributed by atoms with Crippen molar-refractivity contribution in [1.29, 1.82) is 0 Å². The smallest absolute Gasteiger partial charge is 0.335 e. The number of hydrogen-bond acceptors (Lipinski definition) is 2. The summed E-state index contributed by atoms with van der Waals surface area (Å²) in [5.41, 5.74) is 1.74. The van der Waals surface area contributed by atoms with Crippen molar-refractivity contribution in [3.8, 4) is 0 Å². The van der Waals surface area contributed by atoms with Crippen LogP contribution in [0.4, 0.5) is 5.69 Å². The molecule has 1 aliphatic carbocycles. The van der Waals surface area contributed by atoms with E-state index in [0.29, 0.717) is 17.0 Å². The van der Waals surface area contributed by atoms with Crippen molar-refractivity contribution in [1.82, 2.24) is 0 Å². The molecule has 0 bridgehead atoms. The van der Waals surface area contributed by atoms with Crippen molar-refractivity contribution in [2.45, 2.75) is 46.1 Å². The predicted molar refractivity (Wildman–Crippen MR) is 77.6 cm³/mol. The summed E-state index contributed by atoms with van der Waals surface area (Å²) in [4.78, 5) is 10.8. The average molecular weight is 261 g/mol. The van der Waals surface area contributed by atoms with Gasteiger partial charge in [-0.2, -0.15) is 0 Å². The highest BCUT2D eigenvalue weighted by atomic mass is 16.4. The summed E-state index contributed by atoms with van der Waals surface area (Å²) in [5.74, 6) is -0.140. The van der Waals surface area contributed by atoms with Crippen LogP contribution in [0.1, 0.15) is 50.4 Å². The molecule has 1 fully saturated rings. The minimum Gasteiger partial charge on any atom is -0.478 e. The molecule has 3 heteroatoms. The van der Waals surface area contributed by atoms with Crippen LogP contribution in [-0.4, -0.2) is 17.1 Å². The monoisotopic (exact) mass is 261 g/mol. The van der Waals surface area contributed by atoms with E-state index in [4.69, 9.17) is 5.11 Å². The lowest BCUT2D eigenvalue weighted by molar-refractivity contribution is 0.0697. The van der Waals surface area contributed by atoms with Crippen LogP contribution in [0.25, 0.3) is 0 Å². The summed E-state index contributed by atoms with van der Waals surface area (Å²) in [6.45, 7) is 6.96. The van der Waals surface area contributed by atoms with Gasteiger partial charge in [0.25, 0.3) is 0 Å². The van der Waals surface area contributed by atoms with Crippen molar-refractivity contribution in [3.63, 3.8) is 0 Å². The number of aromatic carboxylic acids is 1. The zero-order valence-corrected chi connectivity index (χ0v) is 11.9. The van der Waals surface area contributed by atoms with Crippen LogP contribution in [0.3, 0.4) is 0 Å². The summed E-state index contributed by atoms with van der Waals surface area (Å²) in [7, 11) is 0. The second-order valence-electron chi connectivity index (χ2n) is 6.64. The first-order valence-corrected chi connectivity index (χ1v) is 6.96. The van der Waals surface area contributed by atoms with Crippen molar-refractivity contribution >= 4 is 11.7 Å². The van der Waals surface area contributed by atoms with Crippen LogP contribution in [0.5, 0.6) is 0 Å². The molecule has 0 saturated heterocycles. The minimum absolute atomic E-state index is 0.336. The molecule has 0 spiro atoms. The van der Waals surface area contributed by atoms with Crippen LogP contribution < -0.4 is 5.32 Å². The Kier molecular flexibility index (Phi) is 3.83. The number of nitrogens with one attached hydrogen (secondary N) is 1. The zero-order chi connectivity index (χ0) is 14.0. The molecule has 19 heavy (non-hydrogen) atoms. The largest absolute Gasteiger partial charge is 0.478 e. The number of hydrogen-bond donors (Lipinski definition) is 2. The standard InChI is InChI=1S/C16H23NO2/c1-11-8-14(10-16(2,3)9-11)17-13-6-4-12(5-7-13)15(18)19/h4-7,11,14,17H,8-10H2,1-3H3,(H,18,19). The molecule has 0 heterocycles. The highest BCUT2D eigenvalue weighted by molar-refractivity contribution is 5.87.